The molecule has 3 heteroatoms. The molecule has 0 aromatic carbocycles. The second kappa shape index (κ2) is 5.83. The van der Waals surface area contributed by atoms with Crippen molar-refractivity contribution in [2.24, 2.45) is 0 Å². The Morgan fingerprint density at radius 2 is 1.58 bits per heavy atom. The molecule has 3 saturated heterocycles. The lowest BCUT2D eigenvalue weighted by molar-refractivity contribution is 0.0432. The molecule has 2 bridgehead atoms. The quantitative estimate of drug-likeness (QED) is 0.693. The third kappa shape index (κ3) is 2.81. The summed E-state index contributed by atoms with van der Waals surface area (Å²) in [5.41, 5.74) is 0. The average molecular weight is 261 g/mol. The second-order valence-corrected chi connectivity index (χ2v) is 6.41. The summed E-state index contributed by atoms with van der Waals surface area (Å²) >= 11 is 0. The van der Waals surface area contributed by atoms with Crippen molar-refractivity contribution < 1.29 is 0 Å². The Hall–Kier alpha value is -0.560. The molecule has 0 amide bonds. The summed E-state index contributed by atoms with van der Waals surface area (Å²) in [6, 6.07) is 2.59. The molecule has 1 unspecified atom stereocenters. The van der Waals surface area contributed by atoms with Crippen molar-refractivity contribution in [2.45, 2.75) is 50.7 Å². The molecule has 3 fully saturated rings. The van der Waals surface area contributed by atoms with Gasteiger partial charge in [0.15, 0.2) is 0 Å². The van der Waals surface area contributed by atoms with Crippen molar-refractivity contribution in [3.63, 3.8) is 0 Å². The van der Waals surface area contributed by atoms with E-state index in [9.17, 15) is 0 Å². The van der Waals surface area contributed by atoms with E-state index in [0.29, 0.717) is 0 Å². The van der Waals surface area contributed by atoms with Gasteiger partial charge < -0.3 is 4.90 Å². The van der Waals surface area contributed by atoms with Crippen LogP contribution in [0.2, 0.25) is 0 Å². The molecular formula is C16H27N3. The van der Waals surface area contributed by atoms with Gasteiger partial charge in [-0.3, -0.25) is 9.80 Å². The first-order valence-corrected chi connectivity index (χ1v) is 7.86. The smallest absolute Gasteiger partial charge is 0.0602 e. The first-order chi connectivity index (χ1) is 9.28. The molecule has 106 valence electrons. The van der Waals surface area contributed by atoms with Crippen molar-refractivity contribution in [1.29, 1.82) is 0 Å². The van der Waals surface area contributed by atoms with Gasteiger partial charge in [0.2, 0.25) is 0 Å². The van der Waals surface area contributed by atoms with Gasteiger partial charge >= 0.3 is 0 Å². The van der Waals surface area contributed by atoms with E-state index in [4.69, 9.17) is 0 Å². The van der Waals surface area contributed by atoms with Gasteiger partial charge in [0.25, 0.3) is 0 Å². The molecule has 0 aromatic heterocycles. The number of rotatable bonds is 2. The fourth-order valence-electron chi connectivity index (χ4n) is 4.16. The Balaban J connectivity index is 1.50. The Morgan fingerprint density at radius 1 is 0.947 bits per heavy atom. The van der Waals surface area contributed by atoms with Crippen LogP contribution in [0.1, 0.15) is 32.6 Å². The first-order valence-electron chi connectivity index (χ1n) is 7.86. The minimum Gasteiger partial charge on any atom is -0.300 e. The molecule has 3 aliphatic rings. The maximum Gasteiger partial charge on any atom is 0.0602 e. The van der Waals surface area contributed by atoms with Crippen molar-refractivity contribution in [3.05, 3.63) is 0 Å². The molecule has 0 N–H and O–H groups in total. The number of fused-ring (bicyclic) bond motifs is 2. The minimum atomic E-state index is 0.855. The first kappa shape index (κ1) is 13.4. The fraction of sp³-hybridized carbons (Fsp3) is 0.875. The number of piperidine rings is 1. The normalized spacial score (nSPS) is 37.1. The summed E-state index contributed by atoms with van der Waals surface area (Å²) in [6.07, 6.45) is 5.68. The highest BCUT2D eigenvalue weighted by atomic mass is 15.3. The van der Waals surface area contributed by atoms with E-state index in [0.717, 1.165) is 24.7 Å². The van der Waals surface area contributed by atoms with E-state index in [1.807, 2.05) is 6.92 Å². The van der Waals surface area contributed by atoms with Crippen LogP contribution in [0.15, 0.2) is 0 Å². The van der Waals surface area contributed by atoms with E-state index in [1.54, 1.807) is 0 Å². The molecule has 3 atom stereocenters. The molecule has 0 aromatic rings. The zero-order valence-electron chi connectivity index (χ0n) is 12.4. The Kier molecular flexibility index (Phi) is 4.12. The summed E-state index contributed by atoms with van der Waals surface area (Å²) in [6.45, 7) is 7.80. The van der Waals surface area contributed by atoms with E-state index >= 15 is 0 Å². The maximum atomic E-state index is 3.19. The lowest BCUT2D eigenvalue weighted by Gasteiger charge is -2.44. The molecule has 0 radical (unpaired) electrons. The highest BCUT2D eigenvalue weighted by Crippen LogP contribution is 2.36. The summed E-state index contributed by atoms with van der Waals surface area (Å²) in [5, 5.41) is 0. The van der Waals surface area contributed by atoms with E-state index in [2.05, 4.69) is 33.6 Å². The van der Waals surface area contributed by atoms with Gasteiger partial charge in [0.1, 0.15) is 0 Å². The minimum absolute atomic E-state index is 0.855. The zero-order chi connectivity index (χ0) is 13.2. The van der Waals surface area contributed by atoms with Crippen LogP contribution in [0.3, 0.4) is 0 Å². The van der Waals surface area contributed by atoms with Gasteiger partial charge in [-0.15, -0.1) is 5.92 Å². The van der Waals surface area contributed by atoms with Crippen LogP contribution in [0.25, 0.3) is 0 Å². The molecular weight excluding hydrogens is 234 g/mol. The van der Waals surface area contributed by atoms with Gasteiger partial charge in [0.05, 0.1) is 6.54 Å². The SMILES string of the molecule is CC#CCN1CCN(C2C[C@H]3CC[C@@H](C2)N3C)CC1. The van der Waals surface area contributed by atoms with Crippen LogP contribution in [0.4, 0.5) is 0 Å². The third-order valence-corrected chi connectivity index (χ3v) is 5.48. The van der Waals surface area contributed by atoms with E-state index in [-0.39, 0.29) is 0 Å². The highest BCUT2D eigenvalue weighted by Gasteiger charge is 2.40. The topological polar surface area (TPSA) is 9.72 Å². The summed E-state index contributed by atoms with van der Waals surface area (Å²) in [5.74, 6) is 6.20. The monoisotopic (exact) mass is 261 g/mol. The lowest BCUT2D eigenvalue weighted by atomic mass is 9.96. The lowest BCUT2D eigenvalue weighted by Crippen LogP contribution is -2.55. The number of hydrogen-bond donors (Lipinski definition) is 0. The molecule has 0 aliphatic carbocycles. The molecule has 3 aliphatic heterocycles. The summed E-state index contributed by atoms with van der Waals surface area (Å²) in [4.78, 5) is 7.90. The molecule has 19 heavy (non-hydrogen) atoms. The highest BCUT2D eigenvalue weighted by molar-refractivity contribution is 5.00. The zero-order valence-corrected chi connectivity index (χ0v) is 12.4. The van der Waals surface area contributed by atoms with Crippen molar-refractivity contribution in [1.82, 2.24) is 14.7 Å². The Labute approximate surface area is 117 Å². The van der Waals surface area contributed by atoms with E-state index in [1.165, 1.54) is 51.9 Å². The molecule has 3 rings (SSSR count). The largest absolute Gasteiger partial charge is 0.300 e. The maximum absolute atomic E-state index is 3.19. The third-order valence-electron chi connectivity index (χ3n) is 5.48. The molecule has 3 heterocycles. The molecule has 3 nitrogen and oxygen atoms in total. The Bertz CT molecular complexity index is 348. The second-order valence-electron chi connectivity index (χ2n) is 6.41. The predicted molar refractivity (Wildman–Crippen MR) is 79.1 cm³/mol. The summed E-state index contributed by atoms with van der Waals surface area (Å²) in [7, 11) is 2.33. The van der Waals surface area contributed by atoms with Crippen LogP contribution in [-0.2, 0) is 0 Å². The predicted octanol–water partition coefficient (Wildman–Crippen LogP) is 1.25. The van der Waals surface area contributed by atoms with Crippen molar-refractivity contribution in [3.8, 4) is 11.8 Å². The number of nitrogens with zero attached hydrogens (tertiary/aromatic N) is 3. The standard InChI is InChI=1S/C16H27N3/c1-3-4-7-18-8-10-19(11-9-18)16-12-14-5-6-15(13-16)17(14)2/h14-16H,5-13H2,1-2H3/t14-,15+,16?. The van der Waals surface area contributed by atoms with E-state index < -0.39 is 0 Å². The van der Waals surface area contributed by atoms with Crippen LogP contribution < -0.4 is 0 Å². The number of piperazine rings is 1. The number of hydrogen-bond acceptors (Lipinski definition) is 3. The fourth-order valence-corrected chi connectivity index (χ4v) is 4.16. The van der Waals surface area contributed by atoms with Crippen LogP contribution in [0.5, 0.6) is 0 Å². The molecule has 0 saturated carbocycles. The van der Waals surface area contributed by atoms with Gasteiger partial charge in [0, 0.05) is 44.3 Å². The summed E-state index contributed by atoms with van der Waals surface area (Å²) < 4.78 is 0. The average Bonchev–Trinajstić information content (AvgIpc) is 2.68. The van der Waals surface area contributed by atoms with Crippen LogP contribution in [0, 0.1) is 11.8 Å². The van der Waals surface area contributed by atoms with Crippen molar-refractivity contribution in [2.75, 3.05) is 39.8 Å². The van der Waals surface area contributed by atoms with Crippen LogP contribution >= 0.6 is 0 Å². The Morgan fingerprint density at radius 3 is 2.16 bits per heavy atom. The van der Waals surface area contributed by atoms with Crippen molar-refractivity contribution >= 4 is 0 Å². The van der Waals surface area contributed by atoms with Gasteiger partial charge in [-0.1, -0.05) is 5.92 Å². The molecule has 0 spiro atoms. The van der Waals surface area contributed by atoms with Gasteiger partial charge in [-0.2, -0.15) is 0 Å². The van der Waals surface area contributed by atoms with Gasteiger partial charge in [-0.05, 0) is 39.7 Å². The van der Waals surface area contributed by atoms with Gasteiger partial charge in [-0.25, -0.2) is 0 Å². The van der Waals surface area contributed by atoms with Crippen LogP contribution in [-0.4, -0.2) is 72.6 Å².